The van der Waals surface area contributed by atoms with Gasteiger partial charge in [0.15, 0.2) is 11.6 Å². The molecule has 2 N–H and O–H groups in total. The summed E-state index contributed by atoms with van der Waals surface area (Å²) in [4.78, 5) is 46.2. The third-order valence-corrected chi connectivity index (χ3v) is 7.67. The van der Waals surface area contributed by atoms with Crippen LogP contribution < -0.4 is 10.1 Å². The molecule has 242 valence electrons. The van der Waals surface area contributed by atoms with E-state index in [1.54, 1.807) is 32.0 Å². The van der Waals surface area contributed by atoms with Gasteiger partial charge in [-0.2, -0.15) is 0 Å². The first-order valence-electron chi connectivity index (χ1n) is 15.3. The predicted molar refractivity (Wildman–Crippen MR) is 169 cm³/mol. The molecule has 45 heavy (non-hydrogen) atoms. The number of halogens is 2. The Morgan fingerprint density at radius 1 is 1.07 bits per heavy atom. The molecular formula is C34H42F2N4O5. The summed E-state index contributed by atoms with van der Waals surface area (Å²) in [7, 11) is 2.02. The van der Waals surface area contributed by atoms with Crippen LogP contribution in [0.2, 0.25) is 0 Å². The molecule has 0 bridgehead atoms. The third-order valence-electron chi connectivity index (χ3n) is 7.67. The number of H-pyrrole nitrogens is 1. The summed E-state index contributed by atoms with van der Waals surface area (Å²) in [6.07, 6.45) is 3.82. The number of unbranched alkanes of at least 4 members (excludes halogenated alkanes) is 2. The minimum absolute atomic E-state index is 0.0591. The lowest BCUT2D eigenvalue weighted by atomic mass is 9.81. The highest BCUT2D eigenvalue weighted by Gasteiger charge is 2.38. The van der Waals surface area contributed by atoms with Gasteiger partial charge in [-0.25, -0.2) is 18.4 Å². The first-order valence-corrected chi connectivity index (χ1v) is 15.3. The minimum atomic E-state index is -1.14. The lowest BCUT2D eigenvalue weighted by Gasteiger charge is -2.29. The van der Waals surface area contributed by atoms with Crippen LogP contribution in [0.5, 0.6) is 5.75 Å². The second-order valence-corrected chi connectivity index (χ2v) is 12.4. The summed E-state index contributed by atoms with van der Waals surface area (Å²) in [6.45, 7) is 11.7. The molecule has 4 rings (SSSR count). The van der Waals surface area contributed by atoms with Gasteiger partial charge in [-0.3, -0.25) is 4.79 Å². The molecular weight excluding hydrogens is 582 g/mol. The molecule has 0 aliphatic carbocycles. The van der Waals surface area contributed by atoms with Crippen LogP contribution in [0.4, 0.5) is 13.6 Å². The van der Waals surface area contributed by atoms with Crippen molar-refractivity contribution in [2.75, 3.05) is 33.2 Å². The van der Waals surface area contributed by atoms with Crippen LogP contribution in [0.3, 0.4) is 0 Å². The number of ether oxygens (including phenoxy) is 2. The number of benzene rings is 2. The van der Waals surface area contributed by atoms with E-state index in [0.29, 0.717) is 30.0 Å². The summed E-state index contributed by atoms with van der Waals surface area (Å²) < 4.78 is 38.7. The first kappa shape index (κ1) is 33.6. The normalized spacial score (nSPS) is 14.3. The molecule has 2 aromatic carbocycles. The SMILES string of the molecule is CCCCCN(C)CCNC(=O)Oc1ccc2c3c([nH]c2c1)C(C(=O)OC(C)C)=CN(C(=O)c1ccc(F)c(F)c1)CC3(C)C. The van der Waals surface area contributed by atoms with Crippen molar-refractivity contribution in [1.82, 2.24) is 20.1 Å². The molecule has 2 heterocycles. The zero-order valence-electron chi connectivity index (χ0n) is 26.8. The Morgan fingerprint density at radius 2 is 1.82 bits per heavy atom. The number of nitrogens with one attached hydrogen (secondary N) is 2. The van der Waals surface area contributed by atoms with Crippen LogP contribution in [0.25, 0.3) is 16.5 Å². The average Bonchev–Trinajstić information content (AvgIpc) is 3.30. The van der Waals surface area contributed by atoms with Crippen molar-refractivity contribution in [3.8, 4) is 5.75 Å². The summed E-state index contributed by atoms with van der Waals surface area (Å²) in [5.74, 6) is -3.15. The van der Waals surface area contributed by atoms with Crippen LogP contribution in [0.15, 0.2) is 42.6 Å². The van der Waals surface area contributed by atoms with E-state index in [-0.39, 0.29) is 17.7 Å². The van der Waals surface area contributed by atoms with E-state index < -0.39 is 41.1 Å². The maximum atomic E-state index is 14.0. The molecule has 0 saturated carbocycles. The van der Waals surface area contributed by atoms with Gasteiger partial charge in [0.25, 0.3) is 5.91 Å². The molecule has 9 nitrogen and oxygen atoms in total. The van der Waals surface area contributed by atoms with Crippen LogP contribution in [-0.4, -0.2) is 72.1 Å². The van der Waals surface area contributed by atoms with Gasteiger partial charge in [-0.1, -0.05) is 33.6 Å². The zero-order valence-corrected chi connectivity index (χ0v) is 26.8. The second-order valence-electron chi connectivity index (χ2n) is 12.4. The third kappa shape index (κ3) is 8.08. The largest absolute Gasteiger partial charge is 0.459 e. The highest BCUT2D eigenvalue weighted by atomic mass is 19.2. The van der Waals surface area contributed by atoms with E-state index in [9.17, 15) is 23.2 Å². The van der Waals surface area contributed by atoms with E-state index in [4.69, 9.17) is 9.47 Å². The number of fused-ring (bicyclic) bond motifs is 3. The van der Waals surface area contributed by atoms with Gasteiger partial charge in [0.05, 0.1) is 17.4 Å². The van der Waals surface area contributed by atoms with Gasteiger partial charge in [0.1, 0.15) is 5.75 Å². The zero-order chi connectivity index (χ0) is 32.9. The van der Waals surface area contributed by atoms with Gasteiger partial charge >= 0.3 is 12.1 Å². The smallest absolute Gasteiger partial charge is 0.412 e. The number of nitrogens with zero attached hydrogens (tertiary/aromatic N) is 2. The average molecular weight is 625 g/mol. The summed E-state index contributed by atoms with van der Waals surface area (Å²) in [5, 5.41) is 3.55. The number of esters is 1. The lowest BCUT2D eigenvalue weighted by Crippen LogP contribution is -2.37. The van der Waals surface area contributed by atoms with E-state index in [1.807, 2.05) is 20.9 Å². The van der Waals surface area contributed by atoms with E-state index in [1.165, 1.54) is 23.6 Å². The number of rotatable bonds is 11. The molecule has 0 unspecified atom stereocenters. The Kier molecular flexibility index (Phi) is 10.6. The van der Waals surface area contributed by atoms with E-state index in [0.717, 1.165) is 42.5 Å². The van der Waals surface area contributed by atoms with E-state index >= 15 is 0 Å². The van der Waals surface area contributed by atoms with Crippen molar-refractivity contribution in [2.45, 2.75) is 65.4 Å². The maximum Gasteiger partial charge on any atom is 0.412 e. The fourth-order valence-corrected chi connectivity index (χ4v) is 5.51. The first-order chi connectivity index (χ1) is 21.3. The number of aromatic nitrogens is 1. The molecule has 0 fully saturated rings. The minimum Gasteiger partial charge on any atom is -0.459 e. The van der Waals surface area contributed by atoms with Gasteiger partial charge in [-0.15, -0.1) is 0 Å². The maximum absolute atomic E-state index is 14.0. The molecule has 0 saturated heterocycles. The van der Waals surface area contributed by atoms with Crippen molar-refractivity contribution in [1.29, 1.82) is 0 Å². The second kappa shape index (κ2) is 14.2. The van der Waals surface area contributed by atoms with Crippen molar-refractivity contribution in [3.63, 3.8) is 0 Å². The van der Waals surface area contributed by atoms with Crippen molar-refractivity contribution in [2.24, 2.45) is 0 Å². The Bertz CT molecular complexity index is 1600. The summed E-state index contributed by atoms with van der Waals surface area (Å²) in [5.41, 5.74) is 1.15. The Morgan fingerprint density at radius 3 is 2.51 bits per heavy atom. The standard InChI is InChI=1S/C34H42F2N4O5/c1-7-8-9-15-39(6)16-14-37-33(43)45-23-11-12-24-28(18-23)38-30-25(32(42)44-21(2)3)19-40(20-34(4,5)29(24)30)31(41)22-10-13-26(35)27(36)17-22/h10-13,17-19,21,38H,7-9,14-16,20H2,1-6H3,(H,37,43). The quantitative estimate of drug-likeness (QED) is 0.190. The molecule has 0 radical (unpaired) electrons. The molecule has 2 amide bonds. The van der Waals surface area contributed by atoms with Gasteiger partial charge in [0, 0.05) is 53.8 Å². The lowest BCUT2D eigenvalue weighted by molar-refractivity contribution is -0.140. The highest BCUT2D eigenvalue weighted by Crippen LogP contribution is 2.41. The molecule has 1 aliphatic heterocycles. The van der Waals surface area contributed by atoms with Gasteiger partial charge in [0.2, 0.25) is 0 Å². The van der Waals surface area contributed by atoms with Gasteiger partial charge < -0.3 is 29.6 Å². The summed E-state index contributed by atoms with van der Waals surface area (Å²) in [6, 6.07) is 8.10. The number of carbonyl (C=O) groups excluding carboxylic acids is 3. The highest BCUT2D eigenvalue weighted by molar-refractivity contribution is 6.18. The van der Waals surface area contributed by atoms with E-state index in [2.05, 4.69) is 22.1 Å². The van der Waals surface area contributed by atoms with Crippen LogP contribution in [-0.2, 0) is 14.9 Å². The van der Waals surface area contributed by atoms with Crippen molar-refractivity contribution < 1.29 is 32.6 Å². The predicted octanol–water partition coefficient (Wildman–Crippen LogP) is 6.38. The Labute approximate surface area is 262 Å². The number of hydrogen-bond acceptors (Lipinski definition) is 6. The number of likely N-dealkylation sites (N-methyl/N-ethyl adjacent to an activating group) is 1. The van der Waals surface area contributed by atoms with Crippen LogP contribution in [0, 0.1) is 11.6 Å². The fraction of sp³-hybridized carbons (Fsp3) is 0.441. The van der Waals surface area contributed by atoms with Crippen molar-refractivity contribution >= 4 is 34.4 Å². The molecule has 0 spiro atoms. The molecule has 11 heteroatoms. The topological polar surface area (TPSA) is 104 Å². The van der Waals surface area contributed by atoms with Crippen LogP contribution in [0.1, 0.15) is 75.5 Å². The molecule has 1 aromatic heterocycles. The van der Waals surface area contributed by atoms with Crippen LogP contribution >= 0.6 is 0 Å². The number of carbonyl (C=O) groups is 3. The van der Waals surface area contributed by atoms with Gasteiger partial charge in [-0.05, 0) is 69.8 Å². The molecule has 1 aliphatic rings. The molecule has 0 atom stereocenters. The number of aromatic amines is 1. The number of amides is 2. The number of hydrogen-bond donors (Lipinski definition) is 2. The van der Waals surface area contributed by atoms with Crippen molar-refractivity contribution in [3.05, 3.63) is 71.1 Å². The Hall–Kier alpha value is -4.25. The fourth-order valence-electron chi connectivity index (χ4n) is 5.51. The molecule has 3 aromatic rings. The Balaban J connectivity index is 1.62. The summed E-state index contributed by atoms with van der Waals surface area (Å²) >= 11 is 0. The monoisotopic (exact) mass is 624 g/mol.